The van der Waals surface area contributed by atoms with Crippen LogP contribution in [0.25, 0.3) is 10.8 Å². The van der Waals surface area contributed by atoms with Gasteiger partial charge in [0.2, 0.25) is 0 Å². The number of aromatic nitrogens is 3. The molecule has 4 rings (SSSR count). The fourth-order valence-electron chi connectivity index (χ4n) is 3.26. The van der Waals surface area contributed by atoms with Gasteiger partial charge in [0.05, 0.1) is 11.7 Å². The lowest BCUT2D eigenvalue weighted by Gasteiger charge is -2.37. The number of thiazole rings is 1. The Labute approximate surface area is 167 Å². The van der Waals surface area contributed by atoms with Crippen LogP contribution < -0.4 is 5.32 Å². The standard InChI is InChI=1S/C19H24N6S2/c1-24-7-9-25(10-8-24)16(17-4-2-11-26-17)13-20-12-15-14-27-19(23-15)18-21-5-3-6-22-18/h2-6,11,14,16,20H,7-10,12-13H2,1H3/t16-/m0/s1. The molecule has 1 aliphatic rings. The molecule has 1 fully saturated rings. The van der Waals surface area contributed by atoms with Crippen LogP contribution in [0.1, 0.15) is 16.6 Å². The van der Waals surface area contributed by atoms with E-state index in [1.807, 2.05) is 17.4 Å². The zero-order valence-electron chi connectivity index (χ0n) is 15.4. The fraction of sp³-hybridized carbons (Fsp3) is 0.421. The summed E-state index contributed by atoms with van der Waals surface area (Å²) >= 11 is 3.45. The van der Waals surface area contributed by atoms with Gasteiger partial charge in [0, 0.05) is 61.9 Å². The second kappa shape index (κ2) is 8.99. The fourth-order valence-corrected chi connectivity index (χ4v) is 4.89. The summed E-state index contributed by atoms with van der Waals surface area (Å²) in [6.07, 6.45) is 3.51. The van der Waals surface area contributed by atoms with Crippen LogP contribution in [-0.2, 0) is 6.54 Å². The summed E-state index contributed by atoms with van der Waals surface area (Å²) in [5.74, 6) is 0.697. The molecule has 0 amide bonds. The summed E-state index contributed by atoms with van der Waals surface area (Å²) in [4.78, 5) is 19.7. The van der Waals surface area contributed by atoms with Crippen molar-refractivity contribution in [1.29, 1.82) is 0 Å². The number of likely N-dealkylation sites (N-methyl/N-ethyl adjacent to an activating group) is 1. The van der Waals surface area contributed by atoms with Gasteiger partial charge in [-0.1, -0.05) is 6.07 Å². The Morgan fingerprint density at radius 3 is 2.67 bits per heavy atom. The van der Waals surface area contributed by atoms with E-state index in [4.69, 9.17) is 0 Å². The van der Waals surface area contributed by atoms with Crippen LogP contribution in [0.15, 0.2) is 41.4 Å². The molecule has 0 aliphatic carbocycles. The number of hydrogen-bond acceptors (Lipinski definition) is 8. The van der Waals surface area contributed by atoms with Crippen LogP contribution in [0.3, 0.4) is 0 Å². The van der Waals surface area contributed by atoms with E-state index in [-0.39, 0.29) is 0 Å². The molecule has 3 aromatic rings. The molecule has 6 nitrogen and oxygen atoms in total. The Balaban J connectivity index is 1.36. The molecule has 0 unspecified atom stereocenters. The maximum Gasteiger partial charge on any atom is 0.188 e. The second-order valence-electron chi connectivity index (χ2n) is 6.72. The van der Waals surface area contributed by atoms with Crippen LogP contribution in [0.2, 0.25) is 0 Å². The van der Waals surface area contributed by atoms with Gasteiger partial charge in [0.25, 0.3) is 0 Å². The largest absolute Gasteiger partial charge is 0.309 e. The van der Waals surface area contributed by atoms with E-state index < -0.39 is 0 Å². The Hall–Kier alpha value is -1.71. The van der Waals surface area contributed by atoms with Crippen molar-refractivity contribution >= 4 is 22.7 Å². The van der Waals surface area contributed by atoms with Crippen LogP contribution >= 0.6 is 22.7 Å². The van der Waals surface area contributed by atoms with Crippen molar-refractivity contribution in [3.05, 3.63) is 51.9 Å². The van der Waals surface area contributed by atoms with Crippen LogP contribution in [0.4, 0.5) is 0 Å². The van der Waals surface area contributed by atoms with Crippen molar-refractivity contribution in [2.75, 3.05) is 39.8 Å². The number of nitrogens with one attached hydrogen (secondary N) is 1. The second-order valence-corrected chi connectivity index (χ2v) is 8.56. The third-order valence-electron chi connectivity index (χ3n) is 4.80. The highest BCUT2D eigenvalue weighted by atomic mass is 32.1. The molecular weight excluding hydrogens is 376 g/mol. The first-order valence-electron chi connectivity index (χ1n) is 9.18. The predicted molar refractivity (Wildman–Crippen MR) is 111 cm³/mol. The zero-order valence-corrected chi connectivity index (χ0v) is 17.0. The van der Waals surface area contributed by atoms with Gasteiger partial charge in [-0.05, 0) is 24.6 Å². The van der Waals surface area contributed by atoms with Crippen molar-refractivity contribution < 1.29 is 0 Å². The minimum absolute atomic E-state index is 0.425. The van der Waals surface area contributed by atoms with Crippen molar-refractivity contribution in [1.82, 2.24) is 30.1 Å². The molecule has 0 bridgehead atoms. The molecule has 1 saturated heterocycles. The summed E-state index contributed by atoms with van der Waals surface area (Å²) in [6, 6.07) is 6.65. The average molecular weight is 401 g/mol. The summed E-state index contributed by atoms with van der Waals surface area (Å²) in [7, 11) is 2.20. The quantitative estimate of drug-likeness (QED) is 0.658. The monoisotopic (exact) mass is 400 g/mol. The molecule has 4 heterocycles. The van der Waals surface area contributed by atoms with Crippen LogP contribution in [0, 0.1) is 0 Å². The highest BCUT2D eigenvalue weighted by molar-refractivity contribution is 7.13. The van der Waals surface area contributed by atoms with Crippen molar-refractivity contribution in [3.63, 3.8) is 0 Å². The number of hydrogen-bond donors (Lipinski definition) is 1. The van der Waals surface area contributed by atoms with E-state index in [1.165, 1.54) is 4.88 Å². The number of rotatable bonds is 7. The van der Waals surface area contributed by atoms with Gasteiger partial charge in [0.15, 0.2) is 10.8 Å². The normalized spacial score (nSPS) is 17.2. The minimum Gasteiger partial charge on any atom is -0.309 e. The number of thiophene rings is 1. The van der Waals surface area contributed by atoms with Gasteiger partial charge in [-0.3, -0.25) is 4.90 Å². The van der Waals surface area contributed by atoms with Gasteiger partial charge < -0.3 is 10.2 Å². The molecular formula is C19H24N6S2. The Kier molecular flexibility index (Phi) is 6.21. The van der Waals surface area contributed by atoms with Gasteiger partial charge in [-0.15, -0.1) is 22.7 Å². The first kappa shape index (κ1) is 18.6. The molecule has 27 heavy (non-hydrogen) atoms. The third kappa shape index (κ3) is 4.77. The third-order valence-corrected chi connectivity index (χ3v) is 6.66. The first-order chi connectivity index (χ1) is 13.3. The molecule has 0 aromatic carbocycles. The Morgan fingerprint density at radius 1 is 1.11 bits per heavy atom. The van der Waals surface area contributed by atoms with Crippen LogP contribution in [0.5, 0.6) is 0 Å². The lowest BCUT2D eigenvalue weighted by Crippen LogP contribution is -2.47. The van der Waals surface area contributed by atoms with Gasteiger partial charge in [0.1, 0.15) is 0 Å². The van der Waals surface area contributed by atoms with Gasteiger partial charge in [-0.2, -0.15) is 0 Å². The van der Waals surface area contributed by atoms with Gasteiger partial charge >= 0.3 is 0 Å². The van der Waals surface area contributed by atoms with E-state index in [2.05, 4.69) is 60.0 Å². The lowest BCUT2D eigenvalue weighted by molar-refractivity contribution is 0.111. The van der Waals surface area contributed by atoms with E-state index in [0.29, 0.717) is 11.9 Å². The van der Waals surface area contributed by atoms with Crippen molar-refractivity contribution in [2.24, 2.45) is 0 Å². The number of nitrogens with zero attached hydrogens (tertiary/aromatic N) is 5. The first-order valence-corrected chi connectivity index (χ1v) is 10.9. The molecule has 0 spiro atoms. The van der Waals surface area contributed by atoms with Crippen molar-refractivity contribution in [3.8, 4) is 10.8 Å². The van der Waals surface area contributed by atoms with E-state index in [1.54, 1.807) is 23.7 Å². The smallest absolute Gasteiger partial charge is 0.188 e. The summed E-state index contributed by atoms with van der Waals surface area (Å²) in [5.41, 5.74) is 1.05. The average Bonchev–Trinajstić information content (AvgIpc) is 3.39. The highest BCUT2D eigenvalue weighted by Gasteiger charge is 2.24. The molecule has 142 valence electrons. The van der Waals surface area contributed by atoms with E-state index >= 15 is 0 Å². The maximum absolute atomic E-state index is 4.68. The summed E-state index contributed by atoms with van der Waals surface area (Å²) < 4.78 is 0. The molecule has 0 radical (unpaired) electrons. The van der Waals surface area contributed by atoms with E-state index in [9.17, 15) is 0 Å². The van der Waals surface area contributed by atoms with Crippen molar-refractivity contribution in [2.45, 2.75) is 12.6 Å². The Morgan fingerprint density at radius 2 is 1.93 bits per heavy atom. The van der Waals surface area contributed by atoms with Gasteiger partial charge in [-0.25, -0.2) is 15.0 Å². The molecule has 1 aliphatic heterocycles. The molecule has 1 N–H and O–H groups in total. The SMILES string of the molecule is CN1CCN([C@@H](CNCc2csc(-c3ncccn3)n2)c2cccs2)CC1. The zero-order chi connectivity index (χ0) is 18.5. The highest BCUT2D eigenvalue weighted by Crippen LogP contribution is 2.26. The maximum atomic E-state index is 4.68. The summed E-state index contributed by atoms with van der Waals surface area (Å²) in [6.45, 7) is 6.19. The predicted octanol–water partition coefficient (Wildman–Crippen LogP) is 2.74. The molecule has 0 saturated carbocycles. The molecule has 1 atom stereocenters. The minimum atomic E-state index is 0.425. The topological polar surface area (TPSA) is 57.2 Å². The lowest BCUT2D eigenvalue weighted by atomic mass is 10.1. The number of piperazine rings is 1. The molecule has 8 heteroatoms. The summed E-state index contributed by atoms with van der Waals surface area (Å²) in [5, 5.41) is 8.76. The molecule has 3 aromatic heterocycles. The van der Waals surface area contributed by atoms with E-state index in [0.717, 1.165) is 50.0 Å². The Bertz CT molecular complexity index is 812. The van der Waals surface area contributed by atoms with Crippen LogP contribution in [-0.4, -0.2) is 64.5 Å².